The standard InChI is InChI=1S/C13H21N3O5S/c1-3-5-15(9-13(17)20-2)22(18,19)12-7-14-16(8-12)11-4-6-21-10-11/h7-8,11H,3-6,9-10H2,1-2H3/t11-/m1/s1. The Morgan fingerprint density at radius 1 is 1.59 bits per heavy atom. The molecule has 2 heterocycles. The minimum absolute atomic E-state index is 0.0594. The number of ether oxygens (including phenoxy) is 2. The third kappa shape index (κ3) is 3.65. The summed E-state index contributed by atoms with van der Waals surface area (Å²) in [7, 11) is -2.54. The Kier molecular flexibility index (Phi) is 5.54. The van der Waals surface area contributed by atoms with Crippen molar-refractivity contribution in [3.05, 3.63) is 12.4 Å². The lowest BCUT2D eigenvalue weighted by Gasteiger charge is -2.19. The Hall–Kier alpha value is -1.45. The lowest BCUT2D eigenvalue weighted by molar-refractivity contribution is -0.140. The zero-order valence-electron chi connectivity index (χ0n) is 12.8. The van der Waals surface area contributed by atoms with E-state index in [1.807, 2.05) is 6.92 Å². The first kappa shape index (κ1) is 16.9. The maximum atomic E-state index is 12.6. The number of rotatable bonds is 7. The van der Waals surface area contributed by atoms with Crippen LogP contribution in [-0.4, -0.2) is 61.9 Å². The van der Waals surface area contributed by atoms with Gasteiger partial charge in [-0.1, -0.05) is 6.92 Å². The fourth-order valence-electron chi connectivity index (χ4n) is 2.28. The monoisotopic (exact) mass is 331 g/mol. The third-order valence-corrected chi connectivity index (χ3v) is 5.30. The smallest absolute Gasteiger partial charge is 0.321 e. The second-order valence-electron chi connectivity index (χ2n) is 5.09. The van der Waals surface area contributed by atoms with Crippen LogP contribution in [0.5, 0.6) is 0 Å². The molecule has 1 aromatic rings. The lowest BCUT2D eigenvalue weighted by atomic mass is 10.3. The van der Waals surface area contributed by atoms with Gasteiger partial charge in [-0.25, -0.2) is 8.42 Å². The van der Waals surface area contributed by atoms with Crippen molar-refractivity contribution in [1.29, 1.82) is 0 Å². The highest BCUT2D eigenvalue weighted by molar-refractivity contribution is 7.89. The van der Waals surface area contributed by atoms with Gasteiger partial charge in [0.05, 0.1) is 26.0 Å². The normalized spacial score (nSPS) is 18.8. The first-order chi connectivity index (χ1) is 10.5. The van der Waals surface area contributed by atoms with Crippen molar-refractivity contribution in [1.82, 2.24) is 14.1 Å². The van der Waals surface area contributed by atoms with Crippen molar-refractivity contribution in [2.45, 2.75) is 30.7 Å². The van der Waals surface area contributed by atoms with Crippen molar-refractivity contribution in [3.63, 3.8) is 0 Å². The van der Waals surface area contributed by atoms with Crippen LogP contribution >= 0.6 is 0 Å². The second kappa shape index (κ2) is 7.21. The number of esters is 1. The van der Waals surface area contributed by atoms with Crippen LogP contribution in [-0.2, 0) is 24.3 Å². The van der Waals surface area contributed by atoms with Crippen LogP contribution in [0.25, 0.3) is 0 Å². The Balaban J connectivity index is 2.20. The van der Waals surface area contributed by atoms with E-state index in [0.717, 1.165) is 10.7 Å². The van der Waals surface area contributed by atoms with Crippen molar-refractivity contribution in [2.24, 2.45) is 0 Å². The molecule has 1 aliphatic heterocycles. The number of carbonyl (C=O) groups is 1. The topological polar surface area (TPSA) is 90.7 Å². The number of sulfonamides is 1. The molecular weight excluding hydrogens is 310 g/mol. The molecule has 0 spiro atoms. The van der Waals surface area contributed by atoms with Gasteiger partial charge in [-0.15, -0.1) is 0 Å². The van der Waals surface area contributed by atoms with Gasteiger partial charge in [0.2, 0.25) is 10.0 Å². The van der Waals surface area contributed by atoms with Crippen molar-refractivity contribution < 1.29 is 22.7 Å². The quantitative estimate of drug-likeness (QED) is 0.673. The van der Waals surface area contributed by atoms with Crippen LogP contribution in [0.15, 0.2) is 17.3 Å². The van der Waals surface area contributed by atoms with Gasteiger partial charge < -0.3 is 9.47 Å². The van der Waals surface area contributed by atoms with E-state index < -0.39 is 16.0 Å². The van der Waals surface area contributed by atoms with Crippen molar-refractivity contribution >= 4 is 16.0 Å². The molecule has 0 N–H and O–H groups in total. The first-order valence-corrected chi connectivity index (χ1v) is 8.62. The number of hydrogen-bond donors (Lipinski definition) is 0. The predicted molar refractivity (Wildman–Crippen MR) is 77.8 cm³/mol. The molecule has 9 heteroatoms. The van der Waals surface area contributed by atoms with E-state index in [4.69, 9.17) is 4.74 Å². The van der Waals surface area contributed by atoms with E-state index in [0.29, 0.717) is 19.6 Å². The molecule has 1 saturated heterocycles. The lowest BCUT2D eigenvalue weighted by Crippen LogP contribution is -2.36. The summed E-state index contributed by atoms with van der Waals surface area (Å²) in [5.41, 5.74) is 0. The Morgan fingerprint density at radius 2 is 2.36 bits per heavy atom. The number of methoxy groups -OCH3 is 1. The summed E-state index contributed by atoms with van der Waals surface area (Å²) in [5, 5.41) is 4.12. The molecule has 2 rings (SSSR count). The summed E-state index contributed by atoms with van der Waals surface area (Å²) in [6.07, 6.45) is 4.21. The van der Waals surface area contributed by atoms with Crippen LogP contribution in [0.4, 0.5) is 0 Å². The van der Waals surface area contributed by atoms with E-state index in [2.05, 4.69) is 9.84 Å². The van der Waals surface area contributed by atoms with Gasteiger partial charge in [0.1, 0.15) is 11.4 Å². The van der Waals surface area contributed by atoms with Crippen molar-refractivity contribution in [2.75, 3.05) is 33.4 Å². The summed E-state index contributed by atoms with van der Waals surface area (Å²) in [6, 6.07) is 0.0594. The maximum absolute atomic E-state index is 12.6. The number of carbonyl (C=O) groups excluding carboxylic acids is 1. The average molecular weight is 331 g/mol. The van der Waals surface area contributed by atoms with Gasteiger partial charge in [-0.05, 0) is 12.8 Å². The molecule has 0 aromatic carbocycles. The van der Waals surface area contributed by atoms with E-state index >= 15 is 0 Å². The molecule has 0 aliphatic carbocycles. The van der Waals surface area contributed by atoms with Crippen LogP contribution in [0.3, 0.4) is 0 Å². The maximum Gasteiger partial charge on any atom is 0.321 e. The zero-order chi connectivity index (χ0) is 16.2. The molecule has 1 aromatic heterocycles. The second-order valence-corrected chi connectivity index (χ2v) is 7.03. The molecular formula is C13H21N3O5S. The molecule has 124 valence electrons. The molecule has 0 saturated carbocycles. The number of hydrogen-bond acceptors (Lipinski definition) is 6. The molecule has 1 aliphatic rings. The zero-order valence-corrected chi connectivity index (χ0v) is 13.6. The van der Waals surface area contributed by atoms with Crippen LogP contribution in [0.1, 0.15) is 25.8 Å². The Morgan fingerprint density at radius 3 is 2.95 bits per heavy atom. The molecule has 0 radical (unpaired) electrons. The van der Waals surface area contributed by atoms with Crippen LogP contribution in [0.2, 0.25) is 0 Å². The third-order valence-electron chi connectivity index (χ3n) is 3.50. The molecule has 22 heavy (non-hydrogen) atoms. The molecule has 0 amide bonds. The predicted octanol–water partition coefficient (Wildman–Crippen LogP) is 0.418. The highest BCUT2D eigenvalue weighted by Gasteiger charge is 2.29. The highest BCUT2D eigenvalue weighted by atomic mass is 32.2. The SMILES string of the molecule is CCCN(CC(=O)OC)S(=O)(=O)c1cnn([C@@H]2CCOC2)c1. The summed E-state index contributed by atoms with van der Waals surface area (Å²) in [6.45, 7) is 2.97. The van der Waals surface area contributed by atoms with Gasteiger partial charge >= 0.3 is 5.97 Å². The van der Waals surface area contributed by atoms with E-state index in [1.54, 1.807) is 4.68 Å². The molecule has 0 bridgehead atoms. The minimum atomic E-state index is -3.77. The Bertz CT molecular complexity index is 607. The van der Waals surface area contributed by atoms with Gasteiger partial charge in [-0.2, -0.15) is 9.40 Å². The number of aromatic nitrogens is 2. The van der Waals surface area contributed by atoms with Gasteiger partial charge in [-0.3, -0.25) is 9.48 Å². The Labute approximate surface area is 130 Å². The van der Waals surface area contributed by atoms with Gasteiger partial charge in [0.25, 0.3) is 0 Å². The van der Waals surface area contributed by atoms with Gasteiger partial charge in [0, 0.05) is 19.3 Å². The van der Waals surface area contributed by atoms with Gasteiger partial charge in [0.15, 0.2) is 0 Å². The summed E-state index contributed by atoms with van der Waals surface area (Å²) < 4.78 is 37.8. The average Bonchev–Trinajstić information content (AvgIpc) is 3.17. The molecule has 1 fully saturated rings. The fraction of sp³-hybridized carbons (Fsp3) is 0.692. The highest BCUT2D eigenvalue weighted by Crippen LogP contribution is 2.21. The van der Waals surface area contributed by atoms with E-state index in [1.165, 1.54) is 19.5 Å². The fourth-order valence-corrected chi connectivity index (χ4v) is 3.69. The molecule has 8 nitrogen and oxygen atoms in total. The summed E-state index contributed by atoms with van der Waals surface area (Å²) in [5.74, 6) is -0.589. The van der Waals surface area contributed by atoms with E-state index in [-0.39, 0.29) is 24.0 Å². The minimum Gasteiger partial charge on any atom is -0.468 e. The first-order valence-electron chi connectivity index (χ1n) is 7.18. The largest absolute Gasteiger partial charge is 0.468 e. The molecule has 0 unspecified atom stereocenters. The summed E-state index contributed by atoms with van der Waals surface area (Å²) in [4.78, 5) is 11.5. The summed E-state index contributed by atoms with van der Waals surface area (Å²) >= 11 is 0. The van der Waals surface area contributed by atoms with Crippen molar-refractivity contribution in [3.8, 4) is 0 Å². The van der Waals surface area contributed by atoms with E-state index in [9.17, 15) is 13.2 Å². The number of nitrogens with zero attached hydrogens (tertiary/aromatic N) is 3. The van der Waals surface area contributed by atoms with Crippen LogP contribution in [0, 0.1) is 0 Å². The molecule has 1 atom stereocenters. The van der Waals surface area contributed by atoms with Crippen LogP contribution < -0.4 is 0 Å².